The molecule has 0 amide bonds. The summed E-state index contributed by atoms with van der Waals surface area (Å²) in [5.41, 5.74) is 6.08. The zero-order valence-electron chi connectivity index (χ0n) is 11.6. The lowest BCUT2D eigenvalue weighted by molar-refractivity contribution is 0.270. The largest absolute Gasteiger partial charge is 0.329 e. The molecular formula is C15H28N2. The Bertz CT molecular complexity index is 267. The monoisotopic (exact) mass is 236 g/mol. The second kappa shape index (κ2) is 6.42. The zero-order valence-corrected chi connectivity index (χ0v) is 11.6. The fourth-order valence-electron chi connectivity index (χ4n) is 3.01. The molecule has 1 rings (SSSR count). The van der Waals surface area contributed by atoms with Crippen LogP contribution in [0.5, 0.6) is 0 Å². The van der Waals surface area contributed by atoms with Gasteiger partial charge in [0, 0.05) is 12.1 Å². The van der Waals surface area contributed by atoms with E-state index in [9.17, 15) is 0 Å². The molecule has 1 aliphatic rings. The minimum Gasteiger partial charge on any atom is -0.329 e. The van der Waals surface area contributed by atoms with Crippen LogP contribution < -0.4 is 11.1 Å². The zero-order chi connectivity index (χ0) is 12.9. The van der Waals surface area contributed by atoms with Gasteiger partial charge >= 0.3 is 0 Å². The van der Waals surface area contributed by atoms with Crippen LogP contribution in [0.2, 0.25) is 0 Å². The molecule has 0 radical (unpaired) electrons. The van der Waals surface area contributed by atoms with Crippen molar-refractivity contribution >= 4 is 0 Å². The van der Waals surface area contributed by atoms with Gasteiger partial charge in [0.25, 0.3) is 0 Å². The van der Waals surface area contributed by atoms with Crippen molar-refractivity contribution in [2.75, 3.05) is 6.54 Å². The summed E-state index contributed by atoms with van der Waals surface area (Å²) < 4.78 is 0. The predicted octanol–water partition coefficient (Wildman–Crippen LogP) is 2.53. The second-order valence-corrected chi connectivity index (χ2v) is 5.95. The third kappa shape index (κ3) is 4.01. The average Bonchev–Trinajstić information content (AvgIpc) is 2.52. The van der Waals surface area contributed by atoms with Gasteiger partial charge in [0.05, 0.1) is 6.04 Å². The van der Waals surface area contributed by atoms with Crippen LogP contribution in [0.3, 0.4) is 0 Å². The highest BCUT2D eigenvalue weighted by molar-refractivity contribution is 5.02. The first kappa shape index (κ1) is 14.5. The van der Waals surface area contributed by atoms with Crippen molar-refractivity contribution < 1.29 is 0 Å². The van der Waals surface area contributed by atoms with Crippen molar-refractivity contribution in [2.24, 2.45) is 17.6 Å². The van der Waals surface area contributed by atoms with E-state index in [0.29, 0.717) is 6.54 Å². The number of hydrogen-bond acceptors (Lipinski definition) is 2. The first-order valence-corrected chi connectivity index (χ1v) is 6.97. The molecule has 0 spiro atoms. The maximum Gasteiger partial charge on any atom is 0.0663 e. The minimum absolute atomic E-state index is 0.0788. The normalized spacial score (nSPS) is 31.9. The highest BCUT2D eigenvalue weighted by atomic mass is 15.0. The summed E-state index contributed by atoms with van der Waals surface area (Å²) >= 11 is 0. The van der Waals surface area contributed by atoms with Crippen LogP contribution >= 0.6 is 0 Å². The molecule has 0 aromatic heterocycles. The number of hydrogen-bond donors (Lipinski definition) is 2. The Morgan fingerprint density at radius 1 is 1.35 bits per heavy atom. The molecule has 3 N–H and O–H groups in total. The topological polar surface area (TPSA) is 38.0 Å². The van der Waals surface area contributed by atoms with E-state index in [-0.39, 0.29) is 11.6 Å². The van der Waals surface area contributed by atoms with Gasteiger partial charge in [0.15, 0.2) is 0 Å². The lowest BCUT2D eigenvalue weighted by Gasteiger charge is -2.34. The van der Waals surface area contributed by atoms with Crippen molar-refractivity contribution in [3.8, 4) is 12.3 Å². The minimum atomic E-state index is 0.0788. The number of nitrogens with one attached hydrogen (secondary N) is 1. The van der Waals surface area contributed by atoms with E-state index in [0.717, 1.165) is 11.8 Å². The van der Waals surface area contributed by atoms with Crippen LogP contribution in [0.15, 0.2) is 0 Å². The predicted molar refractivity (Wildman–Crippen MR) is 74.6 cm³/mol. The summed E-state index contributed by atoms with van der Waals surface area (Å²) in [6.07, 6.45) is 11.7. The smallest absolute Gasteiger partial charge is 0.0663 e. The van der Waals surface area contributed by atoms with Crippen molar-refractivity contribution in [3.05, 3.63) is 0 Å². The van der Waals surface area contributed by atoms with Gasteiger partial charge < -0.3 is 5.73 Å². The van der Waals surface area contributed by atoms with E-state index in [1.165, 1.54) is 32.1 Å². The van der Waals surface area contributed by atoms with E-state index in [2.05, 4.69) is 25.1 Å². The van der Waals surface area contributed by atoms with Crippen molar-refractivity contribution in [1.29, 1.82) is 0 Å². The molecule has 2 nitrogen and oxygen atoms in total. The lowest BCUT2D eigenvalue weighted by Crippen LogP contribution is -2.54. The molecule has 0 aromatic carbocycles. The average molecular weight is 236 g/mol. The summed E-state index contributed by atoms with van der Waals surface area (Å²) in [4.78, 5) is 0. The molecule has 0 aliphatic heterocycles. The molecule has 1 fully saturated rings. The first-order chi connectivity index (χ1) is 8.03. The van der Waals surface area contributed by atoms with Crippen LogP contribution in [0.4, 0.5) is 0 Å². The molecule has 2 heteroatoms. The Hall–Kier alpha value is -0.520. The van der Waals surface area contributed by atoms with Crippen LogP contribution in [0, 0.1) is 24.2 Å². The Morgan fingerprint density at radius 2 is 2.06 bits per heavy atom. The maximum absolute atomic E-state index is 6.00. The fraction of sp³-hybridized carbons (Fsp3) is 0.867. The van der Waals surface area contributed by atoms with Crippen LogP contribution in [0.25, 0.3) is 0 Å². The molecule has 1 aliphatic carbocycles. The third-order valence-corrected chi connectivity index (χ3v) is 4.33. The summed E-state index contributed by atoms with van der Waals surface area (Å²) in [6, 6.07) is 0.120. The molecule has 0 aromatic rings. The van der Waals surface area contributed by atoms with E-state index < -0.39 is 0 Å². The molecular weight excluding hydrogens is 208 g/mol. The van der Waals surface area contributed by atoms with Gasteiger partial charge in [-0.3, -0.25) is 5.32 Å². The van der Waals surface area contributed by atoms with Crippen LogP contribution in [-0.4, -0.2) is 18.1 Å². The van der Waals surface area contributed by atoms with Gasteiger partial charge in [0.1, 0.15) is 0 Å². The molecule has 3 atom stereocenters. The Morgan fingerprint density at radius 3 is 2.59 bits per heavy atom. The van der Waals surface area contributed by atoms with Gasteiger partial charge in [-0.1, -0.05) is 32.6 Å². The highest BCUT2D eigenvalue weighted by Gasteiger charge is 2.33. The Balaban J connectivity index is 2.65. The standard InChI is InChI=1S/C15H28N2/c1-5-13(4)17-15(11-16)9-6-7-14(8-10-15)12(2)3/h1,12-14,17H,6-11,16H2,2-4H3. The summed E-state index contributed by atoms with van der Waals surface area (Å²) in [5.74, 6) is 4.40. The molecule has 17 heavy (non-hydrogen) atoms. The van der Waals surface area contributed by atoms with Crippen LogP contribution in [-0.2, 0) is 0 Å². The number of rotatable bonds is 4. The van der Waals surface area contributed by atoms with E-state index >= 15 is 0 Å². The maximum atomic E-state index is 6.00. The highest BCUT2D eigenvalue weighted by Crippen LogP contribution is 2.33. The van der Waals surface area contributed by atoms with Crippen molar-refractivity contribution in [1.82, 2.24) is 5.32 Å². The molecule has 0 saturated heterocycles. The lowest BCUT2D eigenvalue weighted by atomic mass is 9.86. The summed E-state index contributed by atoms with van der Waals surface area (Å²) in [5, 5.41) is 3.57. The number of terminal acetylenes is 1. The van der Waals surface area contributed by atoms with Gasteiger partial charge in [-0.2, -0.15) is 0 Å². The Labute approximate surface area is 107 Å². The van der Waals surface area contributed by atoms with Gasteiger partial charge in [-0.05, 0) is 38.0 Å². The second-order valence-electron chi connectivity index (χ2n) is 5.95. The van der Waals surface area contributed by atoms with E-state index in [4.69, 9.17) is 12.2 Å². The summed E-state index contributed by atoms with van der Waals surface area (Å²) in [7, 11) is 0. The molecule has 0 bridgehead atoms. The van der Waals surface area contributed by atoms with E-state index in [1.54, 1.807) is 0 Å². The first-order valence-electron chi connectivity index (χ1n) is 6.97. The van der Waals surface area contributed by atoms with Gasteiger partial charge in [0.2, 0.25) is 0 Å². The van der Waals surface area contributed by atoms with E-state index in [1.807, 2.05) is 6.92 Å². The summed E-state index contributed by atoms with van der Waals surface area (Å²) in [6.45, 7) is 7.40. The van der Waals surface area contributed by atoms with Crippen molar-refractivity contribution in [3.63, 3.8) is 0 Å². The number of nitrogens with two attached hydrogens (primary N) is 1. The molecule has 98 valence electrons. The fourth-order valence-corrected chi connectivity index (χ4v) is 3.01. The SMILES string of the molecule is C#CC(C)NC1(CN)CCCC(C(C)C)CC1. The molecule has 1 saturated carbocycles. The molecule has 3 unspecified atom stereocenters. The Kier molecular flexibility index (Phi) is 5.49. The molecule has 0 heterocycles. The van der Waals surface area contributed by atoms with Crippen molar-refractivity contribution in [2.45, 2.75) is 64.5 Å². The van der Waals surface area contributed by atoms with Crippen LogP contribution in [0.1, 0.15) is 52.9 Å². The third-order valence-electron chi connectivity index (χ3n) is 4.33. The quantitative estimate of drug-likeness (QED) is 0.581. The van der Waals surface area contributed by atoms with Gasteiger partial charge in [-0.15, -0.1) is 6.42 Å². The van der Waals surface area contributed by atoms with Gasteiger partial charge in [-0.25, -0.2) is 0 Å².